The molecule has 6 aromatic carbocycles. The molecule has 0 bridgehead atoms. The van der Waals surface area contributed by atoms with Crippen LogP contribution in [0.1, 0.15) is 103 Å². The number of rotatable bonds is 9. The predicted molar refractivity (Wildman–Crippen MR) is 248 cm³/mol. The maximum atomic E-state index is 2.72. The van der Waals surface area contributed by atoms with Crippen LogP contribution in [0, 0.1) is 52.9 Å². The van der Waals surface area contributed by atoms with Gasteiger partial charge in [0.15, 0.2) is 0 Å². The summed E-state index contributed by atoms with van der Waals surface area (Å²) in [7, 11) is 0. The van der Waals surface area contributed by atoms with Crippen LogP contribution in [-0.4, -0.2) is 3.21 Å². The van der Waals surface area contributed by atoms with Gasteiger partial charge in [0.25, 0.3) is 0 Å². The average Bonchev–Trinajstić information content (AvgIpc) is 3.78. The van der Waals surface area contributed by atoms with Crippen LogP contribution in [0.25, 0.3) is 33.4 Å². The summed E-state index contributed by atoms with van der Waals surface area (Å²) in [4.78, 5) is 0. The van der Waals surface area contributed by atoms with Crippen LogP contribution < -0.4 is 28.1 Å². The summed E-state index contributed by atoms with van der Waals surface area (Å²) >= 11 is -3.17. The summed E-state index contributed by atoms with van der Waals surface area (Å²) in [5, 5.41) is 0. The first-order valence-corrected chi connectivity index (χ1v) is 25.3. The summed E-state index contributed by atoms with van der Waals surface area (Å²) in [6.45, 7) is 23.3. The number of halogens is 2. The Labute approximate surface area is 381 Å². The average molecular weight is 907 g/mol. The Kier molecular flexibility index (Phi) is 14.2. The molecule has 0 spiro atoms. The summed E-state index contributed by atoms with van der Waals surface area (Å²) in [5.74, 6) is 0.442. The zero-order valence-corrected chi connectivity index (χ0v) is 41.3. The van der Waals surface area contributed by atoms with Gasteiger partial charge in [-0.15, -0.1) is 0 Å². The fraction of sp³-hybridized carbons (Fsp3) is 0.281. The molecule has 60 heavy (non-hydrogen) atoms. The standard InChI is InChI=1S/C31H29.C13H10.C13H21.2ClH.Zr/c1-18-11-20(3)30(21(4)12-18)24-7-9-28-26(15-24)17-27-16-25(8-10-29(27)28)31-22(5)13-19(2)14-23(31)6;1-3-7-12(8-4-1)11-13-9-5-2-6-10-13;1-5-6-7-11-8-9-12(10-11)13(2,3)4;;;/h7-15H,17H2,1-6H3;1-10H;9-11H,5-7H2,1-4H3;2*1H;/q;;;;;+2/p-2. The zero-order chi connectivity index (χ0) is 40.9. The molecular weight excluding hydrogens is 847 g/mol. The Hall–Kier alpha value is -3.87. The molecule has 1 atom stereocenters. The third kappa shape index (κ3) is 8.75. The van der Waals surface area contributed by atoms with E-state index in [1.807, 2.05) is 0 Å². The van der Waals surface area contributed by atoms with Gasteiger partial charge in [0, 0.05) is 0 Å². The van der Waals surface area contributed by atoms with Crippen molar-refractivity contribution in [1.29, 1.82) is 0 Å². The van der Waals surface area contributed by atoms with Gasteiger partial charge in [-0.25, -0.2) is 0 Å². The number of fused-ring (bicyclic) bond motifs is 3. The second-order valence-corrected chi connectivity index (χ2v) is 24.0. The van der Waals surface area contributed by atoms with Gasteiger partial charge in [-0.2, -0.15) is 0 Å². The van der Waals surface area contributed by atoms with Gasteiger partial charge in [0.1, 0.15) is 0 Å². The molecule has 1 unspecified atom stereocenters. The van der Waals surface area contributed by atoms with Crippen molar-refractivity contribution in [1.82, 2.24) is 0 Å². The molecule has 0 heterocycles. The first kappa shape index (κ1) is 45.7. The Morgan fingerprint density at radius 2 is 1.13 bits per heavy atom. The molecule has 0 radical (unpaired) electrons. The van der Waals surface area contributed by atoms with Crippen LogP contribution in [0.15, 0.2) is 136 Å². The number of hydrogen-bond acceptors (Lipinski definition) is 0. The molecule has 0 amide bonds. The van der Waals surface area contributed by atoms with Gasteiger partial charge in [0.2, 0.25) is 0 Å². The Morgan fingerprint density at radius 1 is 0.617 bits per heavy atom. The molecule has 0 saturated heterocycles. The molecule has 0 fully saturated rings. The van der Waals surface area contributed by atoms with Crippen LogP contribution in [0.2, 0.25) is 0 Å². The van der Waals surface area contributed by atoms with Crippen molar-refractivity contribution in [2.24, 2.45) is 11.3 Å². The van der Waals surface area contributed by atoms with Gasteiger partial charge in [-0.05, 0) is 0 Å². The van der Waals surface area contributed by atoms with E-state index in [0.29, 0.717) is 5.92 Å². The molecule has 0 nitrogen and oxygen atoms in total. The first-order valence-electron chi connectivity index (χ1n) is 21.6. The van der Waals surface area contributed by atoms with E-state index in [4.69, 9.17) is 0 Å². The second kappa shape index (κ2) is 18.6. The molecule has 6 aromatic rings. The predicted octanol–water partition coefficient (Wildman–Crippen LogP) is 8.64. The number of aryl methyl sites for hydroxylation is 6. The quantitative estimate of drug-likeness (QED) is 0.136. The second-order valence-electron chi connectivity index (χ2n) is 18.3. The van der Waals surface area contributed by atoms with Crippen LogP contribution in [-0.2, 0) is 27.7 Å². The molecule has 0 aromatic heterocycles. The minimum Gasteiger partial charge on any atom is -1.00 e. The molecule has 2 aliphatic rings. The summed E-state index contributed by atoms with van der Waals surface area (Å²) in [5.41, 5.74) is 24.0. The third-order valence-corrected chi connectivity index (χ3v) is 20.7. The van der Waals surface area contributed by atoms with Crippen molar-refractivity contribution >= 4 is 6.48 Å². The third-order valence-electron chi connectivity index (χ3n) is 12.7. The van der Waals surface area contributed by atoms with Crippen molar-refractivity contribution in [3.8, 4) is 33.4 Å². The number of unbranched alkanes of at least 4 members (excludes halogenated alkanes) is 1. The molecule has 0 aliphatic heterocycles. The fourth-order valence-electron chi connectivity index (χ4n) is 10.3. The van der Waals surface area contributed by atoms with Crippen molar-refractivity contribution in [2.45, 2.75) is 94.9 Å². The van der Waals surface area contributed by atoms with E-state index in [2.05, 4.69) is 197 Å². The van der Waals surface area contributed by atoms with Crippen molar-refractivity contribution < 1.29 is 46.1 Å². The fourth-order valence-corrected chi connectivity index (χ4v) is 19.2. The van der Waals surface area contributed by atoms with Crippen molar-refractivity contribution in [2.75, 3.05) is 0 Å². The number of hydrogen-bond donors (Lipinski definition) is 0. The van der Waals surface area contributed by atoms with Gasteiger partial charge in [0.05, 0.1) is 0 Å². The van der Waals surface area contributed by atoms with E-state index in [0.717, 1.165) is 6.42 Å². The van der Waals surface area contributed by atoms with E-state index in [9.17, 15) is 0 Å². The maximum Gasteiger partial charge on any atom is -1.00 e. The van der Waals surface area contributed by atoms with E-state index in [-0.39, 0.29) is 30.2 Å². The maximum absolute atomic E-state index is 3.17. The Balaban J connectivity index is 0.00000302. The molecule has 0 saturated carbocycles. The molecule has 3 heteroatoms. The molecular formula is C57H60Cl2Zr. The SMILES string of the molecule is CCCCC1C=C(C(C)(C)C)C=[C]1[Zr+2](=[C](c1ccccc1)c1ccccc1)[c]1c(-c2c(C)cc(C)cc2C)ccc2c1Cc1cc(-c3c(C)cc(C)cc3C)ccc1-2.[Cl-].[Cl-]. The number of allylic oxidation sites excluding steroid dienone is 4. The van der Waals surface area contributed by atoms with Crippen molar-refractivity contribution in [3.05, 3.63) is 192 Å². The molecule has 306 valence electrons. The largest absolute Gasteiger partial charge is 1.00 e. The van der Waals surface area contributed by atoms with Gasteiger partial charge in [-0.1, -0.05) is 0 Å². The Bertz CT molecular complexity index is 2560. The number of benzene rings is 6. The smallest absolute Gasteiger partial charge is 1.00 e. The van der Waals surface area contributed by atoms with E-state index in [1.165, 1.54) is 108 Å². The monoisotopic (exact) mass is 904 g/mol. The van der Waals surface area contributed by atoms with Gasteiger partial charge >= 0.3 is 359 Å². The topological polar surface area (TPSA) is 0 Å². The van der Waals surface area contributed by atoms with E-state index < -0.39 is 21.3 Å². The van der Waals surface area contributed by atoms with Crippen molar-refractivity contribution in [3.63, 3.8) is 0 Å². The first-order chi connectivity index (χ1) is 27.8. The summed E-state index contributed by atoms with van der Waals surface area (Å²) in [6, 6.07) is 44.9. The minimum atomic E-state index is -3.17. The molecule has 0 N–H and O–H groups in total. The van der Waals surface area contributed by atoms with Gasteiger partial charge < -0.3 is 24.8 Å². The van der Waals surface area contributed by atoms with Gasteiger partial charge in [-0.3, -0.25) is 0 Å². The summed E-state index contributed by atoms with van der Waals surface area (Å²) < 4.78 is 5.01. The van der Waals surface area contributed by atoms with E-state index >= 15 is 0 Å². The van der Waals surface area contributed by atoms with Crippen LogP contribution in [0.4, 0.5) is 0 Å². The van der Waals surface area contributed by atoms with Crippen LogP contribution >= 0.6 is 0 Å². The molecule has 8 rings (SSSR count). The van der Waals surface area contributed by atoms with Crippen LogP contribution in [0.3, 0.4) is 0 Å². The Morgan fingerprint density at radius 3 is 1.67 bits per heavy atom. The zero-order valence-electron chi connectivity index (χ0n) is 37.3. The van der Waals surface area contributed by atoms with Crippen LogP contribution in [0.5, 0.6) is 0 Å². The molecule has 2 aliphatic carbocycles. The summed E-state index contributed by atoms with van der Waals surface area (Å²) in [6.07, 6.45) is 10.0. The van der Waals surface area contributed by atoms with E-state index in [1.54, 1.807) is 15.3 Å². The normalized spacial score (nSPS) is 13.9. The minimum absolute atomic E-state index is 0.